The van der Waals surface area contributed by atoms with Crippen LogP contribution in [0.3, 0.4) is 0 Å². The van der Waals surface area contributed by atoms with Gasteiger partial charge in [-0.3, -0.25) is 4.79 Å². The Bertz CT molecular complexity index is 1090. The minimum atomic E-state index is -0.811. The monoisotopic (exact) mass is 433 g/mol. The molecule has 0 saturated heterocycles. The second-order valence-electron chi connectivity index (χ2n) is 7.36. The summed E-state index contributed by atoms with van der Waals surface area (Å²) in [4.78, 5) is 12.9. The van der Waals surface area contributed by atoms with Crippen molar-refractivity contribution in [1.82, 2.24) is 5.32 Å². The van der Waals surface area contributed by atoms with Gasteiger partial charge in [0.2, 0.25) is 0 Å². The number of rotatable bonds is 8. The van der Waals surface area contributed by atoms with Crippen molar-refractivity contribution >= 4 is 23.0 Å². The van der Waals surface area contributed by atoms with Crippen molar-refractivity contribution in [2.45, 2.75) is 25.0 Å². The van der Waals surface area contributed by atoms with Crippen LogP contribution >= 0.6 is 11.3 Å². The minimum absolute atomic E-state index is 0.0625. The van der Waals surface area contributed by atoms with Crippen LogP contribution in [0.5, 0.6) is 5.75 Å². The predicted octanol–water partition coefficient (Wildman–Crippen LogP) is 3.99. The average Bonchev–Trinajstić information content (AvgIpc) is 3.23. The number of carbonyl (C=O) groups is 1. The summed E-state index contributed by atoms with van der Waals surface area (Å²) in [6, 6.07) is 21.7. The van der Waals surface area contributed by atoms with Crippen LogP contribution in [0.25, 0.3) is 0 Å². The highest BCUT2D eigenvalue weighted by atomic mass is 32.1. The Kier molecular flexibility index (Phi) is 6.51. The van der Waals surface area contributed by atoms with Gasteiger partial charge in [0.25, 0.3) is 0 Å². The van der Waals surface area contributed by atoms with Gasteiger partial charge in [0.05, 0.1) is 30.3 Å². The number of nitrogens with one attached hydrogen (secondary N) is 2. The van der Waals surface area contributed by atoms with Crippen LogP contribution in [0.2, 0.25) is 0 Å². The molecule has 0 amide bonds. The highest BCUT2D eigenvalue weighted by molar-refractivity contribution is 7.12. The smallest absolute Gasteiger partial charge is 0.308 e. The van der Waals surface area contributed by atoms with Gasteiger partial charge in [0, 0.05) is 16.3 Å². The van der Waals surface area contributed by atoms with Crippen molar-refractivity contribution in [3.05, 3.63) is 81.5 Å². The summed E-state index contributed by atoms with van der Waals surface area (Å²) in [5.41, 5.74) is 2.47. The van der Waals surface area contributed by atoms with Gasteiger partial charge in [-0.2, -0.15) is 5.26 Å². The quantitative estimate of drug-likeness (QED) is 0.497. The Hall–Kier alpha value is -3.34. The van der Waals surface area contributed by atoms with Gasteiger partial charge in [0.15, 0.2) is 5.75 Å². The molecule has 4 rings (SSSR count). The Morgan fingerprint density at radius 1 is 1.19 bits per heavy atom. The molecular formula is C24H23N3O3S. The molecule has 0 spiro atoms. The maximum absolute atomic E-state index is 10.9. The lowest BCUT2D eigenvalue weighted by Gasteiger charge is -2.34. The van der Waals surface area contributed by atoms with E-state index in [4.69, 9.17) is 9.84 Å². The molecule has 0 aliphatic carbocycles. The van der Waals surface area contributed by atoms with E-state index in [9.17, 15) is 10.1 Å². The summed E-state index contributed by atoms with van der Waals surface area (Å²) in [5, 5.41) is 25.4. The fourth-order valence-electron chi connectivity index (χ4n) is 3.76. The van der Waals surface area contributed by atoms with E-state index < -0.39 is 5.97 Å². The number of benzene rings is 2. The number of ether oxygens (including phenoxy) is 1. The number of carboxylic acids is 1. The van der Waals surface area contributed by atoms with Crippen LogP contribution in [0, 0.1) is 11.3 Å². The maximum atomic E-state index is 10.9. The molecule has 6 nitrogen and oxygen atoms in total. The van der Waals surface area contributed by atoms with Crippen molar-refractivity contribution in [2.24, 2.45) is 0 Å². The van der Waals surface area contributed by atoms with Crippen molar-refractivity contribution in [3.8, 4) is 11.8 Å². The van der Waals surface area contributed by atoms with Gasteiger partial charge in [0.1, 0.15) is 12.2 Å². The van der Waals surface area contributed by atoms with Crippen LogP contribution < -0.4 is 15.4 Å². The molecule has 0 unspecified atom stereocenters. The third-order valence-electron chi connectivity index (χ3n) is 5.21. The van der Waals surface area contributed by atoms with Crippen molar-refractivity contribution in [2.75, 3.05) is 18.4 Å². The molecule has 3 N–H and O–H groups in total. The molecule has 3 aromatic rings. The molecule has 158 valence electrons. The predicted molar refractivity (Wildman–Crippen MR) is 121 cm³/mol. The Labute approximate surface area is 185 Å². The Morgan fingerprint density at radius 3 is 2.77 bits per heavy atom. The van der Waals surface area contributed by atoms with E-state index in [-0.39, 0.29) is 18.6 Å². The number of fused-ring (bicyclic) bond motifs is 1. The van der Waals surface area contributed by atoms with Gasteiger partial charge >= 0.3 is 5.97 Å². The number of nitriles is 1. The summed E-state index contributed by atoms with van der Waals surface area (Å²) >= 11 is 1.54. The zero-order valence-electron chi connectivity index (χ0n) is 16.9. The maximum Gasteiger partial charge on any atom is 0.308 e. The van der Waals surface area contributed by atoms with Crippen molar-refractivity contribution < 1.29 is 14.6 Å². The molecule has 0 radical (unpaired) electrons. The molecule has 2 aromatic carbocycles. The molecule has 0 fully saturated rings. The highest BCUT2D eigenvalue weighted by Gasteiger charge is 2.30. The third kappa shape index (κ3) is 5.05. The number of nitrogens with zero attached hydrogens (tertiary/aromatic N) is 1. The molecule has 2 heterocycles. The zero-order valence-corrected chi connectivity index (χ0v) is 17.7. The molecule has 2 atom stereocenters. The number of para-hydroxylation sites is 1. The molecule has 0 bridgehead atoms. The summed E-state index contributed by atoms with van der Waals surface area (Å²) in [5.74, 6) is -0.213. The fourth-order valence-corrected chi connectivity index (χ4v) is 4.77. The highest BCUT2D eigenvalue weighted by Crippen LogP contribution is 2.35. The largest absolute Gasteiger partial charge is 0.483 e. The number of hydrogen-bond donors (Lipinski definition) is 3. The molecular weight excluding hydrogens is 410 g/mol. The molecule has 1 aliphatic heterocycles. The lowest BCUT2D eigenvalue weighted by Crippen LogP contribution is -2.43. The fraction of sp³-hybridized carbons (Fsp3) is 0.250. The first-order valence-electron chi connectivity index (χ1n) is 10.2. The summed E-state index contributed by atoms with van der Waals surface area (Å²) in [7, 11) is 0. The second-order valence-corrected chi connectivity index (χ2v) is 8.62. The number of hydrogen-bond acceptors (Lipinski definition) is 6. The SMILES string of the molecule is N#Cc1cccc2c1O[C@@H]([C@H](NCCc1ccc(CC(=O)O)s1)c1ccccc1)CN2. The van der Waals surface area contributed by atoms with Crippen LogP contribution in [-0.2, 0) is 17.6 Å². The first-order chi connectivity index (χ1) is 15.1. The second kappa shape index (κ2) is 9.65. The van der Waals surface area contributed by atoms with Crippen LogP contribution in [0.1, 0.15) is 26.9 Å². The molecule has 0 saturated carbocycles. The molecule has 1 aromatic heterocycles. The van der Waals surface area contributed by atoms with Crippen LogP contribution in [0.4, 0.5) is 5.69 Å². The average molecular weight is 434 g/mol. The number of thiophene rings is 1. The van der Waals surface area contributed by atoms with E-state index in [1.54, 1.807) is 6.07 Å². The van der Waals surface area contributed by atoms with E-state index in [0.29, 0.717) is 17.9 Å². The zero-order chi connectivity index (χ0) is 21.6. The van der Waals surface area contributed by atoms with Crippen LogP contribution in [-0.4, -0.2) is 30.3 Å². The van der Waals surface area contributed by atoms with Gasteiger partial charge < -0.3 is 20.5 Å². The van der Waals surface area contributed by atoms with E-state index >= 15 is 0 Å². The molecule has 1 aliphatic rings. The Balaban J connectivity index is 1.48. The van der Waals surface area contributed by atoms with Gasteiger partial charge in [-0.15, -0.1) is 11.3 Å². The van der Waals surface area contributed by atoms with E-state index in [2.05, 4.69) is 28.8 Å². The van der Waals surface area contributed by atoms with E-state index in [0.717, 1.165) is 34.0 Å². The van der Waals surface area contributed by atoms with E-state index in [1.807, 2.05) is 42.5 Å². The van der Waals surface area contributed by atoms with Crippen LogP contribution in [0.15, 0.2) is 60.7 Å². The van der Waals surface area contributed by atoms with Gasteiger partial charge in [-0.05, 0) is 36.2 Å². The first kappa shape index (κ1) is 20.9. The van der Waals surface area contributed by atoms with Crippen molar-refractivity contribution in [1.29, 1.82) is 5.26 Å². The first-order valence-corrected chi connectivity index (χ1v) is 11.0. The third-order valence-corrected chi connectivity index (χ3v) is 6.35. The lowest BCUT2D eigenvalue weighted by molar-refractivity contribution is -0.136. The Morgan fingerprint density at radius 2 is 2.00 bits per heavy atom. The number of carboxylic acid groups (broad SMARTS) is 1. The molecule has 7 heteroatoms. The van der Waals surface area contributed by atoms with E-state index in [1.165, 1.54) is 11.3 Å². The summed E-state index contributed by atoms with van der Waals surface area (Å²) in [6.45, 7) is 1.34. The topological polar surface area (TPSA) is 94.4 Å². The summed E-state index contributed by atoms with van der Waals surface area (Å²) in [6.07, 6.45) is 0.677. The lowest BCUT2D eigenvalue weighted by atomic mass is 9.99. The normalized spacial score (nSPS) is 15.8. The van der Waals surface area contributed by atoms with Crippen molar-refractivity contribution in [3.63, 3.8) is 0 Å². The minimum Gasteiger partial charge on any atom is -0.483 e. The number of aliphatic carboxylic acids is 1. The summed E-state index contributed by atoms with van der Waals surface area (Å²) < 4.78 is 6.31. The van der Waals surface area contributed by atoms with Gasteiger partial charge in [-0.1, -0.05) is 36.4 Å². The number of anilines is 1. The molecule has 31 heavy (non-hydrogen) atoms. The standard InChI is InChI=1S/C24H23N3O3S/c25-14-17-7-4-8-20-24(17)30-21(15-27-20)23(16-5-2-1-3-6-16)26-12-11-18-9-10-19(31-18)13-22(28)29/h1-10,21,23,26-27H,11-13,15H2,(H,28,29)/t21-,23-/m1/s1. The van der Waals surface area contributed by atoms with Gasteiger partial charge in [-0.25, -0.2) is 0 Å².